The van der Waals surface area contributed by atoms with Gasteiger partial charge in [0, 0.05) is 26.9 Å². The molecule has 20 heavy (non-hydrogen) atoms. The van der Waals surface area contributed by atoms with Gasteiger partial charge in [0.15, 0.2) is 11.2 Å². The van der Waals surface area contributed by atoms with Gasteiger partial charge in [0.1, 0.15) is 5.82 Å². The summed E-state index contributed by atoms with van der Waals surface area (Å²) in [4.78, 5) is 40.9. The third-order valence-electron chi connectivity index (χ3n) is 3.84. The minimum Gasteiger partial charge on any atom is -0.279 e. The lowest BCUT2D eigenvalue weighted by Crippen LogP contribution is -2.39. The fraction of sp³-hybridized carbons (Fsp3) is 0.538. The summed E-state index contributed by atoms with van der Waals surface area (Å²) >= 11 is 0. The lowest BCUT2D eigenvalue weighted by Gasteiger charge is -2.28. The maximum atomic E-state index is 12.3. The predicted molar refractivity (Wildman–Crippen MR) is 72.9 cm³/mol. The summed E-state index contributed by atoms with van der Waals surface area (Å²) in [5.74, 6) is 0.411. The molecule has 3 heterocycles. The molecular formula is C13H16N4O3. The Hall–Kier alpha value is -2.18. The predicted octanol–water partition coefficient (Wildman–Crippen LogP) is 0.0463. The number of carbonyl (C=O) groups excluding carboxylic acids is 1. The quantitative estimate of drug-likeness (QED) is 0.681. The molecular weight excluding hydrogens is 260 g/mol. The fourth-order valence-corrected chi connectivity index (χ4v) is 2.81. The van der Waals surface area contributed by atoms with Crippen LogP contribution in [0.25, 0.3) is 11.2 Å². The Morgan fingerprint density at radius 1 is 1.05 bits per heavy atom. The number of hydrogen-bond acceptors (Lipinski definition) is 4. The van der Waals surface area contributed by atoms with Crippen LogP contribution in [0, 0.1) is 5.41 Å². The topological polar surface area (TPSA) is 78.9 Å². The molecule has 2 aromatic heterocycles. The molecule has 106 valence electrons. The second-order valence-electron chi connectivity index (χ2n) is 6.15. The van der Waals surface area contributed by atoms with Gasteiger partial charge in [-0.05, 0) is 5.41 Å². The van der Waals surface area contributed by atoms with E-state index in [9.17, 15) is 14.4 Å². The number of hydrogen-bond donors (Lipinski definition) is 0. The van der Waals surface area contributed by atoms with E-state index >= 15 is 0 Å². The number of nitrogens with zero attached hydrogens (tertiary/aromatic N) is 4. The van der Waals surface area contributed by atoms with E-state index in [1.807, 2.05) is 13.8 Å². The number of carbonyl (C=O) groups is 1. The Labute approximate surface area is 114 Å². The van der Waals surface area contributed by atoms with Crippen LogP contribution in [0.1, 0.15) is 30.9 Å². The zero-order chi connectivity index (χ0) is 14.8. The Bertz CT molecular complexity index is 866. The van der Waals surface area contributed by atoms with Crippen molar-refractivity contribution in [2.24, 2.45) is 19.5 Å². The van der Waals surface area contributed by atoms with E-state index in [-0.39, 0.29) is 22.5 Å². The van der Waals surface area contributed by atoms with Gasteiger partial charge >= 0.3 is 5.69 Å². The molecule has 0 spiro atoms. The van der Waals surface area contributed by atoms with Gasteiger partial charge in [-0.2, -0.15) is 0 Å². The molecule has 0 fully saturated rings. The van der Waals surface area contributed by atoms with Crippen LogP contribution < -0.4 is 11.2 Å². The van der Waals surface area contributed by atoms with Gasteiger partial charge in [-0.25, -0.2) is 9.78 Å². The molecule has 2 aromatic rings. The minimum atomic E-state index is -0.477. The number of imidazole rings is 1. The van der Waals surface area contributed by atoms with E-state index < -0.39 is 11.2 Å². The Balaban J connectivity index is 2.50. The number of aromatic nitrogens is 4. The molecule has 0 bridgehead atoms. The van der Waals surface area contributed by atoms with Crippen molar-refractivity contribution in [1.82, 2.24) is 18.7 Å². The highest BCUT2D eigenvalue weighted by molar-refractivity contribution is 5.90. The summed E-state index contributed by atoms with van der Waals surface area (Å²) in [5, 5.41) is 0. The van der Waals surface area contributed by atoms with Crippen LogP contribution in [0.2, 0.25) is 0 Å². The molecule has 0 N–H and O–H groups in total. The molecule has 1 aliphatic heterocycles. The lowest BCUT2D eigenvalue weighted by molar-refractivity contribution is 0.0812. The van der Waals surface area contributed by atoms with Gasteiger partial charge in [0.2, 0.25) is 5.91 Å². The SMILES string of the molecule is Cn1c(=O)c2c(nc3n2C(=O)CC(C)(C)C3)n(C)c1=O. The first-order valence-corrected chi connectivity index (χ1v) is 6.43. The van der Waals surface area contributed by atoms with Crippen LogP contribution in [0.5, 0.6) is 0 Å². The van der Waals surface area contributed by atoms with Crippen molar-refractivity contribution in [1.29, 1.82) is 0 Å². The van der Waals surface area contributed by atoms with E-state index in [1.54, 1.807) is 7.05 Å². The monoisotopic (exact) mass is 276 g/mol. The van der Waals surface area contributed by atoms with Crippen molar-refractivity contribution < 1.29 is 4.79 Å². The standard InChI is InChI=1S/C13H16N4O3/c1-13(2)5-7-14-10-9(17(7)8(18)6-13)11(19)16(4)12(20)15(10)3/h5-6H2,1-4H3. The van der Waals surface area contributed by atoms with Crippen LogP contribution in [-0.4, -0.2) is 24.6 Å². The van der Waals surface area contributed by atoms with Crippen molar-refractivity contribution in [3.63, 3.8) is 0 Å². The smallest absolute Gasteiger partial charge is 0.279 e. The second kappa shape index (κ2) is 3.68. The molecule has 0 unspecified atom stereocenters. The summed E-state index contributed by atoms with van der Waals surface area (Å²) in [6, 6.07) is 0. The highest BCUT2D eigenvalue weighted by Gasteiger charge is 2.34. The average Bonchev–Trinajstić information content (AvgIpc) is 2.71. The third-order valence-corrected chi connectivity index (χ3v) is 3.84. The summed E-state index contributed by atoms with van der Waals surface area (Å²) in [5.41, 5.74) is -0.623. The zero-order valence-corrected chi connectivity index (χ0v) is 11.9. The van der Waals surface area contributed by atoms with E-state index in [0.29, 0.717) is 18.7 Å². The molecule has 0 atom stereocenters. The molecule has 0 aliphatic carbocycles. The first kappa shape index (κ1) is 12.8. The molecule has 0 radical (unpaired) electrons. The highest BCUT2D eigenvalue weighted by atomic mass is 16.2. The van der Waals surface area contributed by atoms with Crippen molar-refractivity contribution in [2.45, 2.75) is 26.7 Å². The van der Waals surface area contributed by atoms with Gasteiger partial charge in [-0.15, -0.1) is 0 Å². The summed E-state index contributed by atoms with van der Waals surface area (Å²) in [6.45, 7) is 3.98. The largest absolute Gasteiger partial charge is 0.332 e. The van der Waals surface area contributed by atoms with E-state index in [0.717, 1.165) is 4.57 Å². The highest BCUT2D eigenvalue weighted by Crippen LogP contribution is 2.32. The molecule has 7 nitrogen and oxygen atoms in total. The molecule has 0 saturated heterocycles. The minimum absolute atomic E-state index is 0.144. The van der Waals surface area contributed by atoms with Gasteiger partial charge in [0.05, 0.1) is 0 Å². The van der Waals surface area contributed by atoms with Crippen molar-refractivity contribution in [2.75, 3.05) is 0 Å². The maximum Gasteiger partial charge on any atom is 0.332 e. The van der Waals surface area contributed by atoms with E-state index in [2.05, 4.69) is 4.98 Å². The number of aryl methyl sites for hydroxylation is 1. The van der Waals surface area contributed by atoms with E-state index in [4.69, 9.17) is 0 Å². The van der Waals surface area contributed by atoms with Gasteiger partial charge in [-0.1, -0.05) is 13.8 Å². The molecule has 3 rings (SSSR count). The van der Waals surface area contributed by atoms with Crippen LogP contribution in [-0.2, 0) is 20.5 Å². The summed E-state index contributed by atoms with van der Waals surface area (Å²) < 4.78 is 3.69. The van der Waals surface area contributed by atoms with Crippen molar-refractivity contribution in [3.05, 3.63) is 26.7 Å². The third kappa shape index (κ3) is 1.52. The van der Waals surface area contributed by atoms with Crippen LogP contribution >= 0.6 is 0 Å². The normalized spacial score (nSPS) is 17.5. The Morgan fingerprint density at radius 2 is 1.70 bits per heavy atom. The average molecular weight is 276 g/mol. The molecule has 1 aliphatic rings. The first-order valence-electron chi connectivity index (χ1n) is 6.43. The molecule has 0 saturated carbocycles. The fourth-order valence-electron chi connectivity index (χ4n) is 2.81. The summed E-state index contributed by atoms with van der Waals surface area (Å²) in [6.07, 6.45) is 0.961. The van der Waals surface area contributed by atoms with Crippen molar-refractivity contribution in [3.8, 4) is 0 Å². The van der Waals surface area contributed by atoms with Gasteiger partial charge in [-0.3, -0.25) is 23.3 Å². The number of rotatable bonds is 0. The Kier molecular flexibility index (Phi) is 2.36. The molecule has 7 heteroatoms. The first-order chi connectivity index (χ1) is 9.23. The van der Waals surface area contributed by atoms with Gasteiger partial charge < -0.3 is 0 Å². The van der Waals surface area contributed by atoms with E-state index in [1.165, 1.54) is 16.2 Å². The number of fused-ring (bicyclic) bond motifs is 3. The maximum absolute atomic E-state index is 12.3. The van der Waals surface area contributed by atoms with Crippen LogP contribution in [0.15, 0.2) is 9.59 Å². The zero-order valence-electron chi connectivity index (χ0n) is 11.9. The molecule has 0 aromatic carbocycles. The van der Waals surface area contributed by atoms with Crippen LogP contribution in [0.4, 0.5) is 0 Å². The summed E-state index contributed by atoms with van der Waals surface area (Å²) in [7, 11) is 2.96. The van der Waals surface area contributed by atoms with Crippen molar-refractivity contribution >= 4 is 17.1 Å². The molecule has 0 amide bonds. The Morgan fingerprint density at radius 3 is 2.35 bits per heavy atom. The van der Waals surface area contributed by atoms with Gasteiger partial charge in [0.25, 0.3) is 5.56 Å². The lowest BCUT2D eigenvalue weighted by atomic mass is 9.83. The second-order valence-corrected chi connectivity index (χ2v) is 6.15. The van der Waals surface area contributed by atoms with Crippen LogP contribution in [0.3, 0.4) is 0 Å².